The highest BCUT2D eigenvalue weighted by Crippen LogP contribution is 2.42. The summed E-state index contributed by atoms with van der Waals surface area (Å²) < 4.78 is 10.9. The number of aromatic carboxylic acids is 2. The predicted molar refractivity (Wildman–Crippen MR) is 144 cm³/mol. The molecule has 2 fully saturated rings. The van der Waals surface area contributed by atoms with Crippen molar-refractivity contribution < 1.29 is 29.3 Å². The number of carboxylic acid groups (broad SMARTS) is 2. The van der Waals surface area contributed by atoms with Gasteiger partial charge in [0, 0.05) is 12.8 Å². The van der Waals surface area contributed by atoms with Gasteiger partial charge in [0.2, 0.25) is 0 Å². The minimum atomic E-state index is -1.00. The highest BCUT2D eigenvalue weighted by atomic mass is 16.6. The van der Waals surface area contributed by atoms with E-state index in [0.29, 0.717) is 11.1 Å². The lowest BCUT2D eigenvalue weighted by atomic mass is 9.84. The van der Waals surface area contributed by atoms with Crippen LogP contribution in [0.25, 0.3) is 33.4 Å². The van der Waals surface area contributed by atoms with Crippen LogP contribution in [0.4, 0.5) is 0 Å². The van der Waals surface area contributed by atoms with Crippen molar-refractivity contribution in [2.45, 2.75) is 25.0 Å². The minimum Gasteiger partial charge on any atom is -0.478 e. The van der Waals surface area contributed by atoms with Gasteiger partial charge in [-0.3, -0.25) is 0 Å². The van der Waals surface area contributed by atoms with Gasteiger partial charge < -0.3 is 19.7 Å². The van der Waals surface area contributed by atoms with E-state index >= 15 is 0 Å². The fourth-order valence-electron chi connectivity index (χ4n) is 5.06. The molecule has 2 heterocycles. The first-order valence-corrected chi connectivity index (χ1v) is 12.6. The van der Waals surface area contributed by atoms with E-state index in [1.54, 1.807) is 24.3 Å². The zero-order chi connectivity index (χ0) is 26.2. The molecule has 2 saturated heterocycles. The Bertz CT molecular complexity index is 1430. The van der Waals surface area contributed by atoms with E-state index in [2.05, 4.69) is 12.1 Å². The summed E-state index contributed by atoms with van der Waals surface area (Å²) >= 11 is 0. The van der Waals surface area contributed by atoms with Gasteiger partial charge in [0.25, 0.3) is 0 Å². The van der Waals surface area contributed by atoms with Gasteiger partial charge >= 0.3 is 11.9 Å². The summed E-state index contributed by atoms with van der Waals surface area (Å²) in [6.45, 7) is 1.46. The second-order valence-electron chi connectivity index (χ2n) is 9.78. The van der Waals surface area contributed by atoms with Crippen LogP contribution in [0.2, 0.25) is 0 Å². The quantitative estimate of drug-likeness (QED) is 0.272. The summed E-state index contributed by atoms with van der Waals surface area (Å²) in [5.74, 6) is -2.00. The highest BCUT2D eigenvalue weighted by molar-refractivity contribution is 6.03. The molecule has 0 saturated carbocycles. The molecule has 0 bridgehead atoms. The van der Waals surface area contributed by atoms with Crippen LogP contribution in [-0.2, 0) is 22.3 Å². The first kappa shape index (κ1) is 24.1. The van der Waals surface area contributed by atoms with Crippen LogP contribution in [0.3, 0.4) is 0 Å². The molecule has 2 unspecified atom stereocenters. The van der Waals surface area contributed by atoms with Gasteiger partial charge in [0.15, 0.2) is 0 Å². The van der Waals surface area contributed by atoms with Crippen molar-refractivity contribution in [1.29, 1.82) is 0 Å². The standard InChI is InChI=1S/C32H26O6/c33-31(34)27-7-3-1-5-23(27)25-11-9-19(13-21-17-37-21)15-29(25)30-16-20(14-22-18-38-22)10-12-26(30)24-6-2-4-8-28(24)32(35)36/h1-12,15-16,21-22H,13-14,17-18H2,(H,33,34)(H,35,36). The second kappa shape index (κ2) is 9.89. The van der Waals surface area contributed by atoms with Crippen LogP contribution in [0.5, 0.6) is 0 Å². The van der Waals surface area contributed by atoms with Crippen LogP contribution < -0.4 is 0 Å². The summed E-state index contributed by atoms with van der Waals surface area (Å²) in [7, 11) is 0. The van der Waals surface area contributed by atoms with Crippen LogP contribution in [0, 0.1) is 0 Å². The number of ether oxygens (including phenoxy) is 2. The van der Waals surface area contributed by atoms with E-state index in [1.165, 1.54) is 0 Å². The van der Waals surface area contributed by atoms with Crippen molar-refractivity contribution in [3.8, 4) is 33.4 Å². The van der Waals surface area contributed by atoms with Crippen molar-refractivity contribution in [2.75, 3.05) is 13.2 Å². The summed E-state index contributed by atoms with van der Waals surface area (Å²) in [6.07, 6.45) is 1.88. The van der Waals surface area contributed by atoms with Crippen molar-refractivity contribution in [2.24, 2.45) is 0 Å². The summed E-state index contributed by atoms with van der Waals surface area (Å²) in [5, 5.41) is 19.9. The van der Waals surface area contributed by atoms with Crippen molar-refractivity contribution >= 4 is 11.9 Å². The van der Waals surface area contributed by atoms with Crippen LogP contribution in [0.15, 0.2) is 84.9 Å². The van der Waals surface area contributed by atoms with E-state index in [-0.39, 0.29) is 23.3 Å². The Balaban J connectivity index is 1.61. The van der Waals surface area contributed by atoms with Gasteiger partial charge in [-0.15, -0.1) is 0 Å². The van der Waals surface area contributed by atoms with Crippen molar-refractivity contribution in [1.82, 2.24) is 0 Å². The van der Waals surface area contributed by atoms with Crippen molar-refractivity contribution in [3.05, 3.63) is 107 Å². The fourth-order valence-corrected chi connectivity index (χ4v) is 5.06. The van der Waals surface area contributed by atoms with Gasteiger partial charge in [0.1, 0.15) is 0 Å². The third-order valence-corrected chi connectivity index (χ3v) is 7.08. The molecule has 4 aromatic rings. The molecule has 6 nitrogen and oxygen atoms in total. The molecule has 0 amide bonds. The van der Waals surface area contributed by atoms with Gasteiger partial charge in [0.05, 0.1) is 36.5 Å². The lowest BCUT2D eigenvalue weighted by Crippen LogP contribution is -2.03. The Morgan fingerprint density at radius 1 is 0.579 bits per heavy atom. The number of rotatable bonds is 9. The van der Waals surface area contributed by atoms with E-state index in [0.717, 1.165) is 59.4 Å². The van der Waals surface area contributed by atoms with Gasteiger partial charge in [-0.25, -0.2) is 9.59 Å². The van der Waals surface area contributed by atoms with E-state index in [4.69, 9.17) is 9.47 Å². The molecule has 2 aliphatic heterocycles. The lowest BCUT2D eigenvalue weighted by Gasteiger charge is -2.19. The minimum absolute atomic E-state index is 0.186. The number of carbonyl (C=O) groups is 2. The predicted octanol–water partition coefficient (Wildman–Crippen LogP) is 5.97. The van der Waals surface area contributed by atoms with Gasteiger partial charge in [-0.1, -0.05) is 72.8 Å². The molecule has 6 heteroatoms. The number of benzene rings is 4. The molecule has 2 atom stereocenters. The molecule has 4 aromatic carbocycles. The SMILES string of the molecule is O=C(O)c1ccccc1-c1ccc(CC2CO2)cc1-c1cc(CC2CO2)ccc1-c1ccccc1C(=O)O. The van der Waals surface area contributed by atoms with Gasteiger partial charge in [-0.05, 0) is 56.6 Å². The van der Waals surface area contributed by atoms with Gasteiger partial charge in [-0.2, -0.15) is 0 Å². The first-order valence-electron chi connectivity index (χ1n) is 12.6. The molecular formula is C32H26O6. The number of carboxylic acids is 2. The van der Waals surface area contributed by atoms with Crippen LogP contribution in [0.1, 0.15) is 31.8 Å². The Hall–Kier alpha value is -4.26. The lowest BCUT2D eigenvalue weighted by molar-refractivity contribution is 0.0687. The topological polar surface area (TPSA) is 99.7 Å². The summed E-state index contributed by atoms with van der Waals surface area (Å²) in [6, 6.07) is 26.1. The average molecular weight is 507 g/mol. The second-order valence-corrected chi connectivity index (χ2v) is 9.78. The Labute approximate surface area is 220 Å². The first-order chi connectivity index (χ1) is 18.5. The third-order valence-electron chi connectivity index (χ3n) is 7.08. The number of hydrogen-bond donors (Lipinski definition) is 2. The zero-order valence-electron chi connectivity index (χ0n) is 20.6. The largest absolute Gasteiger partial charge is 0.478 e. The van der Waals surface area contributed by atoms with E-state index in [1.807, 2.05) is 48.5 Å². The maximum atomic E-state index is 12.2. The Kier molecular flexibility index (Phi) is 6.27. The molecule has 2 aliphatic rings. The molecule has 190 valence electrons. The fraction of sp³-hybridized carbons (Fsp3) is 0.188. The van der Waals surface area contributed by atoms with E-state index < -0.39 is 11.9 Å². The monoisotopic (exact) mass is 506 g/mol. The maximum absolute atomic E-state index is 12.2. The highest BCUT2D eigenvalue weighted by Gasteiger charge is 2.26. The molecule has 0 radical (unpaired) electrons. The Morgan fingerprint density at radius 2 is 0.974 bits per heavy atom. The molecule has 2 N–H and O–H groups in total. The normalized spacial score (nSPS) is 17.7. The third kappa shape index (κ3) is 4.96. The Morgan fingerprint density at radius 3 is 1.34 bits per heavy atom. The molecule has 0 spiro atoms. The zero-order valence-corrected chi connectivity index (χ0v) is 20.6. The molecule has 38 heavy (non-hydrogen) atoms. The van der Waals surface area contributed by atoms with Crippen molar-refractivity contribution in [3.63, 3.8) is 0 Å². The number of hydrogen-bond acceptors (Lipinski definition) is 4. The summed E-state index contributed by atoms with van der Waals surface area (Å²) in [4.78, 5) is 24.3. The van der Waals surface area contributed by atoms with Crippen LogP contribution in [-0.4, -0.2) is 47.6 Å². The molecular weight excluding hydrogens is 480 g/mol. The molecule has 6 rings (SSSR count). The molecule has 0 aliphatic carbocycles. The summed E-state index contributed by atoms with van der Waals surface area (Å²) in [5.41, 5.74) is 7.05. The average Bonchev–Trinajstić information content (AvgIpc) is 3.86. The smallest absolute Gasteiger partial charge is 0.336 e. The maximum Gasteiger partial charge on any atom is 0.336 e. The number of epoxide rings is 2. The van der Waals surface area contributed by atoms with E-state index in [9.17, 15) is 19.8 Å². The molecule has 0 aromatic heterocycles. The van der Waals surface area contributed by atoms with Crippen LogP contribution >= 0.6 is 0 Å².